The summed E-state index contributed by atoms with van der Waals surface area (Å²) in [6.45, 7) is 2.82. The molecule has 1 N–H and O–H groups in total. The number of hydrogen-bond acceptors (Lipinski definition) is 6. The molecule has 1 amide bonds. The lowest BCUT2D eigenvalue weighted by Crippen LogP contribution is -2.47. The SMILES string of the molecule is CN1CCC(N2CCC(Nc3cc(N(C)C)ncn3)CC2)C1=O. The number of likely N-dealkylation sites (N-methyl/N-ethyl adjacent to an activating group) is 1. The second kappa shape index (κ2) is 6.70. The molecule has 7 heteroatoms. The van der Waals surface area contributed by atoms with Crippen molar-refractivity contribution in [2.75, 3.05) is 51.0 Å². The first kappa shape index (κ1) is 16.0. The lowest BCUT2D eigenvalue weighted by molar-refractivity contribution is -0.131. The highest BCUT2D eigenvalue weighted by Crippen LogP contribution is 2.22. The van der Waals surface area contributed by atoms with Gasteiger partial charge in [-0.25, -0.2) is 9.97 Å². The van der Waals surface area contributed by atoms with Crippen LogP contribution in [0.5, 0.6) is 0 Å². The van der Waals surface area contributed by atoms with Crippen LogP contribution in [0.25, 0.3) is 0 Å². The van der Waals surface area contributed by atoms with Gasteiger partial charge in [-0.15, -0.1) is 0 Å². The van der Waals surface area contributed by atoms with Gasteiger partial charge in [-0.05, 0) is 19.3 Å². The van der Waals surface area contributed by atoms with E-state index in [4.69, 9.17) is 0 Å². The lowest BCUT2D eigenvalue weighted by atomic mass is 10.0. The zero-order valence-corrected chi connectivity index (χ0v) is 14.2. The minimum Gasteiger partial charge on any atom is -0.367 e. The Morgan fingerprint density at radius 3 is 2.52 bits per heavy atom. The fourth-order valence-electron chi connectivity index (χ4n) is 3.38. The average molecular weight is 318 g/mol. The Hall–Kier alpha value is -1.89. The number of rotatable bonds is 4. The van der Waals surface area contributed by atoms with Crippen molar-refractivity contribution >= 4 is 17.5 Å². The van der Waals surface area contributed by atoms with Crippen LogP contribution < -0.4 is 10.2 Å². The van der Waals surface area contributed by atoms with Gasteiger partial charge in [-0.1, -0.05) is 0 Å². The van der Waals surface area contributed by atoms with Crippen LogP contribution in [-0.4, -0.2) is 78.5 Å². The average Bonchev–Trinajstić information content (AvgIpc) is 2.88. The number of nitrogens with one attached hydrogen (secondary N) is 1. The molecule has 1 aromatic heterocycles. The molecule has 0 aromatic carbocycles. The molecular formula is C16H26N6O. The molecule has 2 fully saturated rings. The highest BCUT2D eigenvalue weighted by Gasteiger charge is 2.35. The fraction of sp³-hybridized carbons (Fsp3) is 0.688. The number of carbonyl (C=O) groups excluding carboxylic acids is 1. The van der Waals surface area contributed by atoms with Crippen LogP contribution in [0.1, 0.15) is 19.3 Å². The van der Waals surface area contributed by atoms with E-state index >= 15 is 0 Å². The zero-order chi connectivity index (χ0) is 16.4. The molecule has 0 spiro atoms. The molecule has 0 radical (unpaired) electrons. The smallest absolute Gasteiger partial charge is 0.239 e. The fourth-order valence-corrected chi connectivity index (χ4v) is 3.38. The topological polar surface area (TPSA) is 64.6 Å². The van der Waals surface area contributed by atoms with Crippen LogP contribution in [-0.2, 0) is 4.79 Å². The van der Waals surface area contributed by atoms with Crippen LogP contribution in [0.4, 0.5) is 11.6 Å². The Labute approximate surface area is 137 Å². The van der Waals surface area contributed by atoms with E-state index in [1.54, 1.807) is 6.33 Å². The molecule has 3 rings (SSSR count). The molecule has 2 aliphatic heterocycles. The van der Waals surface area contributed by atoms with Crippen LogP contribution in [0.15, 0.2) is 12.4 Å². The molecular weight excluding hydrogens is 292 g/mol. The van der Waals surface area contributed by atoms with Crippen molar-refractivity contribution in [2.45, 2.75) is 31.3 Å². The summed E-state index contributed by atoms with van der Waals surface area (Å²) in [4.78, 5) is 26.8. The molecule has 0 aliphatic carbocycles. The summed E-state index contributed by atoms with van der Waals surface area (Å²) in [5.74, 6) is 2.06. The van der Waals surface area contributed by atoms with Crippen LogP contribution in [0.2, 0.25) is 0 Å². The van der Waals surface area contributed by atoms with Gasteiger partial charge < -0.3 is 15.1 Å². The van der Waals surface area contributed by atoms with E-state index in [2.05, 4.69) is 20.2 Å². The van der Waals surface area contributed by atoms with Crippen molar-refractivity contribution in [1.82, 2.24) is 19.8 Å². The number of nitrogens with zero attached hydrogens (tertiary/aromatic N) is 5. The van der Waals surface area contributed by atoms with Gasteiger partial charge in [-0.3, -0.25) is 9.69 Å². The lowest BCUT2D eigenvalue weighted by Gasteiger charge is -2.35. The minimum atomic E-state index is 0.0975. The summed E-state index contributed by atoms with van der Waals surface area (Å²) in [7, 11) is 5.84. The van der Waals surface area contributed by atoms with Crippen molar-refractivity contribution in [3.63, 3.8) is 0 Å². The number of piperidine rings is 1. The number of hydrogen-bond donors (Lipinski definition) is 1. The van der Waals surface area contributed by atoms with E-state index < -0.39 is 0 Å². The summed E-state index contributed by atoms with van der Waals surface area (Å²) >= 11 is 0. The molecule has 7 nitrogen and oxygen atoms in total. The van der Waals surface area contributed by atoms with Crippen LogP contribution in [0.3, 0.4) is 0 Å². The van der Waals surface area contributed by atoms with Gasteiger partial charge in [-0.2, -0.15) is 0 Å². The predicted molar refractivity (Wildman–Crippen MR) is 90.6 cm³/mol. The van der Waals surface area contributed by atoms with Crippen LogP contribution in [0, 0.1) is 0 Å². The van der Waals surface area contributed by atoms with Crippen molar-refractivity contribution in [3.8, 4) is 0 Å². The van der Waals surface area contributed by atoms with Crippen molar-refractivity contribution in [3.05, 3.63) is 12.4 Å². The van der Waals surface area contributed by atoms with E-state index in [-0.39, 0.29) is 11.9 Å². The highest BCUT2D eigenvalue weighted by atomic mass is 16.2. The molecule has 1 unspecified atom stereocenters. The highest BCUT2D eigenvalue weighted by molar-refractivity contribution is 5.83. The Morgan fingerprint density at radius 1 is 1.17 bits per heavy atom. The van der Waals surface area contributed by atoms with Gasteiger partial charge in [0.25, 0.3) is 0 Å². The van der Waals surface area contributed by atoms with Crippen LogP contribution >= 0.6 is 0 Å². The molecule has 23 heavy (non-hydrogen) atoms. The maximum Gasteiger partial charge on any atom is 0.239 e. The maximum atomic E-state index is 12.1. The molecule has 126 valence electrons. The largest absolute Gasteiger partial charge is 0.367 e. The van der Waals surface area contributed by atoms with Gasteiger partial charge in [0.15, 0.2) is 0 Å². The van der Waals surface area contributed by atoms with Crippen molar-refractivity contribution in [2.24, 2.45) is 0 Å². The first-order chi connectivity index (χ1) is 11.0. The summed E-state index contributed by atoms with van der Waals surface area (Å²) in [6, 6.07) is 2.48. The summed E-state index contributed by atoms with van der Waals surface area (Å²) in [5.41, 5.74) is 0. The van der Waals surface area contributed by atoms with Gasteiger partial charge in [0, 0.05) is 52.9 Å². The molecule has 2 aliphatic rings. The number of anilines is 2. The van der Waals surface area contributed by atoms with E-state index in [1.807, 2.05) is 37.0 Å². The standard InChI is InChI=1S/C16H26N6O/c1-20(2)15-10-14(17-11-18-15)19-12-4-8-22(9-5-12)13-6-7-21(3)16(13)23/h10-13H,4-9H2,1-3H3,(H,17,18,19). The van der Waals surface area contributed by atoms with E-state index in [0.29, 0.717) is 6.04 Å². The Morgan fingerprint density at radius 2 is 1.91 bits per heavy atom. The van der Waals surface area contributed by atoms with Gasteiger partial charge in [0.2, 0.25) is 5.91 Å². The molecule has 1 aromatic rings. The van der Waals surface area contributed by atoms with Gasteiger partial charge >= 0.3 is 0 Å². The molecule has 3 heterocycles. The van der Waals surface area contributed by atoms with Crippen molar-refractivity contribution < 1.29 is 4.79 Å². The first-order valence-electron chi connectivity index (χ1n) is 8.29. The third kappa shape index (κ3) is 3.55. The number of carbonyl (C=O) groups is 1. The second-order valence-corrected chi connectivity index (χ2v) is 6.67. The van der Waals surface area contributed by atoms with E-state index in [9.17, 15) is 4.79 Å². The quantitative estimate of drug-likeness (QED) is 0.879. The minimum absolute atomic E-state index is 0.0975. The molecule has 1 atom stereocenters. The Balaban J connectivity index is 1.53. The third-order valence-electron chi connectivity index (χ3n) is 4.83. The van der Waals surface area contributed by atoms with E-state index in [1.165, 1.54) is 0 Å². The summed E-state index contributed by atoms with van der Waals surface area (Å²) in [5, 5.41) is 3.51. The van der Waals surface area contributed by atoms with Gasteiger partial charge in [0.1, 0.15) is 18.0 Å². The second-order valence-electron chi connectivity index (χ2n) is 6.67. The van der Waals surface area contributed by atoms with E-state index in [0.717, 1.165) is 50.5 Å². The molecule has 0 bridgehead atoms. The normalized spacial score (nSPS) is 23.3. The van der Waals surface area contributed by atoms with Gasteiger partial charge in [0.05, 0.1) is 6.04 Å². The maximum absolute atomic E-state index is 12.1. The first-order valence-corrected chi connectivity index (χ1v) is 8.29. The Bertz CT molecular complexity index is 555. The number of amides is 1. The molecule has 2 saturated heterocycles. The Kier molecular flexibility index (Phi) is 4.66. The van der Waals surface area contributed by atoms with Crippen molar-refractivity contribution in [1.29, 1.82) is 0 Å². The predicted octanol–water partition coefficient (Wildman–Crippen LogP) is 0.650. The molecule has 0 saturated carbocycles. The number of likely N-dealkylation sites (tertiary alicyclic amines) is 2. The number of aromatic nitrogens is 2. The zero-order valence-electron chi connectivity index (χ0n) is 14.2. The monoisotopic (exact) mass is 318 g/mol. The third-order valence-corrected chi connectivity index (χ3v) is 4.83. The summed E-state index contributed by atoms with van der Waals surface area (Å²) in [6.07, 6.45) is 4.63. The summed E-state index contributed by atoms with van der Waals surface area (Å²) < 4.78 is 0.